The van der Waals surface area contributed by atoms with Crippen LogP contribution >= 0.6 is 11.3 Å². The van der Waals surface area contributed by atoms with Crippen molar-refractivity contribution in [3.05, 3.63) is 23.2 Å². The summed E-state index contributed by atoms with van der Waals surface area (Å²) in [5.41, 5.74) is 0. The van der Waals surface area contributed by atoms with Gasteiger partial charge in [-0.05, 0) is 0 Å². The Kier molecular flexibility index (Phi) is 5.35. The van der Waals surface area contributed by atoms with Gasteiger partial charge in [-0.2, -0.15) is 0 Å². The lowest BCUT2D eigenvalue weighted by Gasteiger charge is -2.07. The quantitative estimate of drug-likeness (QED) is 0.848. The predicted octanol–water partition coefficient (Wildman–Crippen LogP) is 2.85. The van der Waals surface area contributed by atoms with Gasteiger partial charge < -0.3 is 19.5 Å². The van der Waals surface area contributed by atoms with Gasteiger partial charge in [-0.1, -0.05) is 30.3 Å². The molecule has 7 heteroatoms. The molecule has 0 fully saturated rings. The van der Waals surface area contributed by atoms with Gasteiger partial charge in [0.2, 0.25) is 0 Å². The summed E-state index contributed by atoms with van der Waals surface area (Å²) in [5, 5.41) is 12.8. The molecule has 0 saturated heterocycles. The summed E-state index contributed by atoms with van der Waals surface area (Å²) in [6.45, 7) is 4.85. The molecule has 0 radical (unpaired) electrons. The van der Waals surface area contributed by atoms with Crippen molar-refractivity contribution in [3.63, 3.8) is 0 Å². The fourth-order valence-corrected chi connectivity index (χ4v) is 2.24. The Hall–Kier alpha value is -1.86. The predicted molar refractivity (Wildman–Crippen MR) is 81.5 cm³/mol. The molecule has 0 bridgehead atoms. The Balaban J connectivity index is 2.07. The normalized spacial score (nSPS) is 10.7. The van der Waals surface area contributed by atoms with E-state index in [0.29, 0.717) is 35.0 Å². The van der Waals surface area contributed by atoms with Gasteiger partial charge in [0.25, 0.3) is 5.19 Å². The number of aromatic nitrogens is 2. The minimum absolute atomic E-state index is 0.404. The van der Waals surface area contributed by atoms with Crippen LogP contribution in [0.25, 0.3) is 0 Å². The molecule has 114 valence electrons. The highest BCUT2D eigenvalue weighted by atomic mass is 32.1. The van der Waals surface area contributed by atoms with Crippen LogP contribution in [0.5, 0.6) is 22.4 Å². The highest BCUT2D eigenvalue weighted by Crippen LogP contribution is 2.31. The summed E-state index contributed by atoms with van der Waals surface area (Å²) < 4.78 is 16.1. The van der Waals surface area contributed by atoms with Crippen LogP contribution in [0.1, 0.15) is 18.9 Å². The molecule has 0 aliphatic heterocycles. The Morgan fingerprint density at radius 1 is 1.05 bits per heavy atom. The Morgan fingerprint density at radius 3 is 2.24 bits per heavy atom. The summed E-state index contributed by atoms with van der Waals surface area (Å²) >= 11 is 1.41. The molecule has 6 nitrogen and oxygen atoms in total. The molecule has 0 unspecified atom stereocenters. The maximum Gasteiger partial charge on any atom is 0.299 e. The lowest BCUT2D eigenvalue weighted by atomic mass is 10.3. The molecule has 1 heterocycles. The first-order valence-electron chi connectivity index (χ1n) is 6.57. The minimum atomic E-state index is 0.404. The summed E-state index contributed by atoms with van der Waals surface area (Å²) in [6.07, 6.45) is 0. The van der Waals surface area contributed by atoms with Crippen LogP contribution < -0.4 is 19.5 Å². The van der Waals surface area contributed by atoms with E-state index in [1.54, 1.807) is 32.4 Å². The fourth-order valence-electron chi connectivity index (χ4n) is 1.58. The van der Waals surface area contributed by atoms with Crippen LogP contribution in [0, 0.1) is 0 Å². The average molecular weight is 309 g/mol. The van der Waals surface area contributed by atoms with Gasteiger partial charge in [-0.15, -0.1) is 5.10 Å². The summed E-state index contributed by atoms with van der Waals surface area (Å²) in [4.78, 5) is 0. The van der Waals surface area contributed by atoms with Crippen LogP contribution in [-0.2, 0) is 6.54 Å². The molecule has 1 aromatic carbocycles. The molecule has 0 atom stereocenters. The molecule has 0 aliphatic carbocycles. The first-order valence-corrected chi connectivity index (χ1v) is 7.39. The topological polar surface area (TPSA) is 65.5 Å². The highest BCUT2D eigenvalue weighted by molar-refractivity contribution is 7.13. The highest BCUT2D eigenvalue weighted by Gasteiger charge is 2.09. The SMILES string of the molecule is COc1cc(OC)cc(Oc2nnc(CNC(C)C)s2)c1. The van der Waals surface area contributed by atoms with Gasteiger partial charge in [0.05, 0.1) is 20.8 Å². The van der Waals surface area contributed by atoms with E-state index in [-0.39, 0.29) is 0 Å². The van der Waals surface area contributed by atoms with E-state index in [1.165, 1.54) is 11.3 Å². The van der Waals surface area contributed by atoms with E-state index < -0.39 is 0 Å². The zero-order valence-corrected chi connectivity index (χ0v) is 13.4. The number of nitrogens with zero attached hydrogens (tertiary/aromatic N) is 2. The van der Waals surface area contributed by atoms with E-state index >= 15 is 0 Å². The van der Waals surface area contributed by atoms with Gasteiger partial charge in [0.1, 0.15) is 22.3 Å². The number of methoxy groups -OCH3 is 2. The second-order valence-corrected chi connectivity index (χ2v) is 5.67. The Labute approximate surface area is 128 Å². The van der Waals surface area contributed by atoms with Crippen molar-refractivity contribution < 1.29 is 14.2 Å². The fraction of sp³-hybridized carbons (Fsp3) is 0.429. The molecular formula is C14H19N3O3S. The molecular weight excluding hydrogens is 290 g/mol. The first-order chi connectivity index (χ1) is 10.1. The molecule has 0 amide bonds. The number of ether oxygens (including phenoxy) is 3. The maximum atomic E-state index is 5.71. The maximum absolute atomic E-state index is 5.71. The number of benzene rings is 1. The van der Waals surface area contributed by atoms with Gasteiger partial charge >= 0.3 is 0 Å². The molecule has 2 aromatic rings. The number of rotatable bonds is 7. The van der Waals surface area contributed by atoms with E-state index in [4.69, 9.17) is 14.2 Å². The summed E-state index contributed by atoms with van der Waals surface area (Å²) in [6, 6.07) is 5.73. The van der Waals surface area contributed by atoms with E-state index in [9.17, 15) is 0 Å². The zero-order valence-electron chi connectivity index (χ0n) is 12.5. The largest absolute Gasteiger partial charge is 0.496 e. The lowest BCUT2D eigenvalue weighted by Crippen LogP contribution is -2.21. The lowest BCUT2D eigenvalue weighted by molar-refractivity contribution is 0.386. The number of hydrogen-bond acceptors (Lipinski definition) is 7. The van der Waals surface area contributed by atoms with Crippen molar-refractivity contribution in [1.29, 1.82) is 0 Å². The van der Waals surface area contributed by atoms with Crippen molar-refractivity contribution in [3.8, 4) is 22.4 Å². The van der Waals surface area contributed by atoms with Crippen molar-refractivity contribution in [2.45, 2.75) is 26.4 Å². The third-order valence-corrected chi connectivity index (χ3v) is 3.44. The van der Waals surface area contributed by atoms with Crippen LogP contribution in [0.4, 0.5) is 0 Å². The smallest absolute Gasteiger partial charge is 0.299 e. The number of hydrogen-bond donors (Lipinski definition) is 1. The molecule has 2 rings (SSSR count). The average Bonchev–Trinajstić information content (AvgIpc) is 2.92. The van der Waals surface area contributed by atoms with E-state index in [0.717, 1.165) is 5.01 Å². The third kappa shape index (κ3) is 4.57. The minimum Gasteiger partial charge on any atom is -0.496 e. The van der Waals surface area contributed by atoms with Crippen molar-refractivity contribution in [1.82, 2.24) is 15.5 Å². The van der Waals surface area contributed by atoms with Crippen molar-refractivity contribution >= 4 is 11.3 Å². The van der Waals surface area contributed by atoms with Crippen LogP contribution in [0.3, 0.4) is 0 Å². The van der Waals surface area contributed by atoms with Crippen molar-refractivity contribution in [2.75, 3.05) is 14.2 Å². The Morgan fingerprint density at radius 2 is 1.67 bits per heavy atom. The molecule has 21 heavy (non-hydrogen) atoms. The first kappa shape index (κ1) is 15.5. The van der Waals surface area contributed by atoms with Crippen LogP contribution in [0.15, 0.2) is 18.2 Å². The van der Waals surface area contributed by atoms with Crippen molar-refractivity contribution in [2.24, 2.45) is 0 Å². The zero-order chi connectivity index (χ0) is 15.2. The number of nitrogens with one attached hydrogen (secondary N) is 1. The van der Waals surface area contributed by atoms with E-state index in [1.807, 2.05) is 0 Å². The third-order valence-electron chi connectivity index (χ3n) is 2.64. The molecule has 0 aliphatic rings. The second-order valence-electron chi connectivity index (χ2n) is 4.65. The molecule has 1 N–H and O–H groups in total. The van der Waals surface area contributed by atoms with Gasteiger partial charge in [0, 0.05) is 24.2 Å². The van der Waals surface area contributed by atoms with E-state index in [2.05, 4.69) is 29.4 Å². The van der Waals surface area contributed by atoms with Gasteiger partial charge in [-0.25, -0.2) is 0 Å². The van der Waals surface area contributed by atoms with Crippen LogP contribution in [0.2, 0.25) is 0 Å². The van der Waals surface area contributed by atoms with Crippen LogP contribution in [-0.4, -0.2) is 30.5 Å². The van der Waals surface area contributed by atoms with Gasteiger partial charge in [0.15, 0.2) is 0 Å². The van der Waals surface area contributed by atoms with Gasteiger partial charge in [-0.3, -0.25) is 0 Å². The summed E-state index contributed by atoms with van der Waals surface area (Å²) in [7, 11) is 3.19. The molecule has 0 spiro atoms. The monoisotopic (exact) mass is 309 g/mol. The molecule has 1 aromatic heterocycles. The summed E-state index contributed by atoms with van der Waals surface area (Å²) in [5.74, 6) is 1.93. The Bertz CT molecular complexity index is 564. The second kappa shape index (κ2) is 7.24. The standard InChI is InChI=1S/C14H19N3O3S/c1-9(2)15-8-13-16-17-14(21-13)20-12-6-10(18-3)5-11(7-12)19-4/h5-7,9,15H,8H2,1-4H3. The molecule has 0 saturated carbocycles.